The summed E-state index contributed by atoms with van der Waals surface area (Å²) in [6, 6.07) is 13.2. The highest BCUT2D eigenvalue weighted by Gasteiger charge is 2.08. The second-order valence-electron chi connectivity index (χ2n) is 5.29. The van der Waals surface area contributed by atoms with E-state index >= 15 is 0 Å². The maximum Gasteiger partial charge on any atom is 0.0606 e. The molecule has 6 heteroatoms. The van der Waals surface area contributed by atoms with Gasteiger partial charge in [0.15, 0.2) is 0 Å². The number of benzene rings is 2. The van der Waals surface area contributed by atoms with Crippen LogP contribution in [0.5, 0.6) is 0 Å². The van der Waals surface area contributed by atoms with Crippen LogP contribution in [-0.4, -0.2) is 36.5 Å². The van der Waals surface area contributed by atoms with Crippen LogP contribution < -0.4 is 21.7 Å². The fourth-order valence-electron chi connectivity index (χ4n) is 2.35. The molecule has 0 atom stereocenters. The van der Waals surface area contributed by atoms with E-state index in [-0.39, 0.29) is 13.2 Å². The van der Waals surface area contributed by atoms with Crippen molar-refractivity contribution in [3.63, 3.8) is 0 Å². The molecule has 0 aromatic heterocycles. The zero-order chi connectivity index (χ0) is 16.7. The smallest absolute Gasteiger partial charge is 0.0606 e. The third-order valence-corrected chi connectivity index (χ3v) is 3.63. The molecular formula is C17H24N4O2. The Kier molecular flexibility index (Phi) is 6.08. The number of aliphatic hydroxyl groups is 2. The SMILES string of the molecule is Nc1ccc(NCc2cc(N(CCO)CCO)ccc2N)cc1. The predicted molar refractivity (Wildman–Crippen MR) is 95.4 cm³/mol. The summed E-state index contributed by atoms with van der Waals surface area (Å²) in [5.74, 6) is 0. The third kappa shape index (κ3) is 4.77. The summed E-state index contributed by atoms with van der Waals surface area (Å²) >= 11 is 0. The molecule has 0 aliphatic rings. The number of aliphatic hydroxyl groups excluding tert-OH is 2. The highest BCUT2D eigenvalue weighted by atomic mass is 16.3. The lowest BCUT2D eigenvalue weighted by Crippen LogP contribution is -2.29. The molecule has 0 amide bonds. The third-order valence-electron chi connectivity index (χ3n) is 3.63. The van der Waals surface area contributed by atoms with Gasteiger partial charge in [-0.05, 0) is 48.0 Å². The van der Waals surface area contributed by atoms with Gasteiger partial charge < -0.3 is 31.9 Å². The first-order valence-corrected chi connectivity index (χ1v) is 7.58. The van der Waals surface area contributed by atoms with Gasteiger partial charge in [-0.15, -0.1) is 0 Å². The van der Waals surface area contributed by atoms with Crippen LogP contribution >= 0.6 is 0 Å². The molecule has 2 rings (SSSR count). The van der Waals surface area contributed by atoms with Gasteiger partial charge in [0.25, 0.3) is 0 Å². The van der Waals surface area contributed by atoms with Crippen molar-refractivity contribution in [1.29, 1.82) is 0 Å². The summed E-state index contributed by atoms with van der Waals surface area (Å²) in [5, 5.41) is 21.6. The van der Waals surface area contributed by atoms with Gasteiger partial charge in [-0.25, -0.2) is 0 Å². The van der Waals surface area contributed by atoms with E-state index < -0.39 is 0 Å². The Morgan fingerprint density at radius 2 is 1.57 bits per heavy atom. The number of rotatable bonds is 8. The minimum Gasteiger partial charge on any atom is -0.399 e. The van der Waals surface area contributed by atoms with Crippen LogP contribution in [0.15, 0.2) is 42.5 Å². The lowest BCUT2D eigenvalue weighted by atomic mass is 10.1. The highest BCUT2D eigenvalue weighted by Crippen LogP contribution is 2.22. The normalized spacial score (nSPS) is 10.5. The monoisotopic (exact) mass is 316 g/mol. The van der Waals surface area contributed by atoms with Gasteiger partial charge in [0.05, 0.1) is 13.2 Å². The van der Waals surface area contributed by atoms with E-state index in [9.17, 15) is 0 Å². The van der Waals surface area contributed by atoms with Crippen molar-refractivity contribution >= 4 is 22.7 Å². The van der Waals surface area contributed by atoms with E-state index in [1.54, 1.807) is 0 Å². The van der Waals surface area contributed by atoms with Crippen molar-refractivity contribution in [1.82, 2.24) is 0 Å². The van der Waals surface area contributed by atoms with E-state index in [1.807, 2.05) is 47.4 Å². The molecule has 0 heterocycles. The van der Waals surface area contributed by atoms with Crippen LogP contribution in [-0.2, 0) is 6.54 Å². The fourth-order valence-corrected chi connectivity index (χ4v) is 2.35. The molecular weight excluding hydrogens is 292 g/mol. The molecule has 0 bridgehead atoms. The molecule has 0 fully saturated rings. The molecule has 7 N–H and O–H groups in total. The van der Waals surface area contributed by atoms with E-state index in [4.69, 9.17) is 21.7 Å². The number of nitrogens with zero attached hydrogens (tertiary/aromatic N) is 1. The first-order chi connectivity index (χ1) is 11.1. The Bertz CT molecular complexity index is 610. The average Bonchev–Trinajstić information content (AvgIpc) is 2.55. The van der Waals surface area contributed by atoms with Gasteiger partial charge in [-0.2, -0.15) is 0 Å². The quantitative estimate of drug-likeness (QED) is 0.469. The van der Waals surface area contributed by atoms with E-state index in [0.29, 0.717) is 25.3 Å². The zero-order valence-electron chi connectivity index (χ0n) is 13.1. The largest absolute Gasteiger partial charge is 0.399 e. The maximum absolute atomic E-state index is 9.15. The summed E-state index contributed by atoms with van der Waals surface area (Å²) in [7, 11) is 0. The summed E-state index contributed by atoms with van der Waals surface area (Å²) in [5.41, 5.74) is 16.0. The minimum atomic E-state index is 0.0311. The van der Waals surface area contributed by atoms with Crippen LogP contribution in [0.4, 0.5) is 22.7 Å². The van der Waals surface area contributed by atoms with Crippen LogP contribution in [0.1, 0.15) is 5.56 Å². The van der Waals surface area contributed by atoms with Gasteiger partial charge in [0, 0.05) is 42.4 Å². The van der Waals surface area contributed by atoms with Crippen LogP contribution in [0.2, 0.25) is 0 Å². The van der Waals surface area contributed by atoms with E-state index in [1.165, 1.54) is 0 Å². The standard InChI is InChI=1S/C17H24N4O2/c18-14-1-3-15(4-2-14)20-12-13-11-16(5-6-17(13)19)21(7-9-22)8-10-23/h1-6,11,20,22-23H,7-10,12,18-19H2. The summed E-state index contributed by atoms with van der Waals surface area (Å²) < 4.78 is 0. The lowest BCUT2D eigenvalue weighted by Gasteiger charge is -2.24. The number of hydrogen-bond acceptors (Lipinski definition) is 6. The molecule has 6 nitrogen and oxygen atoms in total. The molecule has 124 valence electrons. The molecule has 2 aromatic carbocycles. The molecule has 0 saturated carbocycles. The Morgan fingerprint density at radius 3 is 2.17 bits per heavy atom. The molecule has 0 aliphatic heterocycles. The summed E-state index contributed by atoms with van der Waals surface area (Å²) in [6.07, 6.45) is 0. The number of nitrogen functional groups attached to an aromatic ring is 2. The molecule has 2 aromatic rings. The van der Waals surface area contributed by atoms with Gasteiger partial charge in [0.1, 0.15) is 0 Å². The Labute approximate surface area is 136 Å². The van der Waals surface area contributed by atoms with Crippen molar-refractivity contribution in [3.05, 3.63) is 48.0 Å². The van der Waals surface area contributed by atoms with Crippen molar-refractivity contribution in [2.45, 2.75) is 6.54 Å². The van der Waals surface area contributed by atoms with Gasteiger partial charge >= 0.3 is 0 Å². The predicted octanol–water partition coefficient (Wildman–Crippen LogP) is 1.25. The molecule has 0 unspecified atom stereocenters. The van der Waals surface area contributed by atoms with Crippen molar-refractivity contribution in [2.24, 2.45) is 0 Å². The Balaban J connectivity index is 2.11. The maximum atomic E-state index is 9.15. The topological polar surface area (TPSA) is 108 Å². The number of nitrogens with two attached hydrogens (primary N) is 2. The van der Waals surface area contributed by atoms with E-state index in [2.05, 4.69) is 5.32 Å². The van der Waals surface area contributed by atoms with Crippen LogP contribution in [0.25, 0.3) is 0 Å². The van der Waals surface area contributed by atoms with E-state index in [0.717, 1.165) is 22.6 Å². The number of hydrogen-bond donors (Lipinski definition) is 5. The molecule has 0 spiro atoms. The first-order valence-electron chi connectivity index (χ1n) is 7.58. The lowest BCUT2D eigenvalue weighted by molar-refractivity contribution is 0.281. The van der Waals surface area contributed by atoms with Gasteiger partial charge in [-0.3, -0.25) is 0 Å². The second kappa shape index (κ2) is 8.26. The summed E-state index contributed by atoms with van der Waals surface area (Å²) in [4.78, 5) is 1.92. The van der Waals surface area contributed by atoms with Crippen LogP contribution in [0.3, 0.4) is 0 Å². The van der Waals surface area contributed by atoms with Gasteiger partial charge in [-0.1, -0.05) is 0 Å². The van der Waals surface area contributed by atoms with Crippen molar-refractivity contribution < 1.29 is 10.2 Å². The zero-order valence-corrected chi connectivity index (χ0v) is 13.1. The second-order valence-corrected chi connectivity index (χ2v) is 5.29. The highest BCUT2D eigenvalue weighted by molar-refractivity contribution is 5.60. The van der Waals surface area contributed by atoms with Crippen LogP contribution in [0, 0.1) is 0 Å². The molecule has 0 radical (unpaired) electrons. The Morgan fingerprint density at radius 1 is 0.913 bits per heavy atom. The number of anilines is 4. The number of nitrogens with one attached hydrogen (secondary N) is 1. The Hall–Kier alpha value is -2.44. The average molecular weight is 316 g/mol. The minimum absolute atomic E-state index is 0.0311. The first kappa shape index (κ1) is 16.9. The van der Waals surface area contributed by atoms with Crippen molar-refractivity contribution in [2.75, 3.05) is 48.0 Å². The van der Waals surface area contributed by atoms with Gasteiger partial charge in [0.2, 0.25) is 0 Å². The molecule has 23 heavy (non-hydrogen) atoms. The molecule has 0 saturated heterocycles. The molecule has 0 aliphatic carbocycles. The fraction of sp³-hybridized carbons (Fsp3) is 0.294. The van der Waals surface area contributed by atoms with Crippen molar-refractivity contribution in [3.8, 4) is 0 Å². The summed E-state index contributed by atoms with van der Waals surface area (Å²) in [6.45, 7) is 1.58.